The van der Waals surface area contributed by atoms with Gasteiger partial charge in [0.1, 0.15) is 0 Å². The molecule has 0 aromatic heterocycles. The van der Waals surface area contributed by atoms with Gasteiger partial charge in [-0.2, -0.15) is 11.8 Å². The van der Waals surface area contributed by atoms with E-state index in [0.717, 1.165) is 18.6 Å². The predicted octanol–water partition coefficient (Wildman–Crippen LogP) is 2.02. The van der Waals surface area contributed by atoms with Crippen LogP contribution >= 0.6 is 11.8 Å². The third-order valence-electron chi connectivity index (χ3n) is 3.81. The van der Waals surface area contributed by atoms with Crippen LogP contribution in [0.4, 0.5) is 4.79 Å². The lowest BCUT2D eigenvalue weighted by Crippen LogP contribution is -2.47. The Balaban J connectivity index is 2.44. The number of carboxylic acid groups (broad SMARTS) is 1. The number of thioether (sulfide) groups is 1. The smallest absolute Gasteiger partial charge is 0.317 e. The number of hydrogen-bond donors (Lipinski definition) is 2. The SMILES string of the molecule is CCC(CSC)N(C)C(=O)NC1CCC(C(=O)O)C1. The summed E-state index contributed by atoms with van der Waals surface area (Å²) in [5.74, 6) is -0.134. The zero-order valence-corrected chi connectivity index (χ0v) is 12.7. The van der Waals surface area contributed by atoms with Crippen molar-refractivity contribution >= 4 is 23.8 Å². The molecule has 1 saturated carbocycles. The van der Waals surface area contributed by atoms with Gasteiger partial charge >= 0.3 is 12.0 Å². The molecule has 0 heterocycles. The maximum atomic E-state index is 12.1. The monoisotopic (exact) mass is 288 g/mol. The van der Waals surface area contributed by atoms with Gasteiger partial charge in [0.05, 0.1) is 5.92 Å². The van der Waals surface area contributed by atoms with E-state index in [-0.39, 0.29) is 24.0 Å². The molecule has 19 heavy (non-hydrogen) atoms. The Morgan fingerprint density at radius 3 is 2.63 bits per heavy atom. The van der Waals surface area contributed by atoms with Crippen LogP contribution in [0.15, 0.2) is 0 Å². The van der Waals surface area contributed by atoms with Gasteiger partial charge in [-0.15, -0.1) is 0 Å². The van der Waals surface area contributed by atoms with Crippen LogP contribution in [-0.4, -0.2) is 53.1 Å². The zero-order chi connectivity index (χ0) is 14.4. The molecule has 0 spiro atoms. The van der Waals surface area contributed by atoms with Gasteiger partial charge in [-0.25, -0.2) is 4.79 Å². The van der Waals surface area contributed by atoms with E-state index in [9.17, 15) is 9.59 Å². The third-order valence-corrected chi connectivity index (χ3v) is 4.53. The summed E-state index contributed by atoms with van der Waals surface area (Å²) >= 11 is 1.73. The molecule has 2 N–H and O–H groups in total. The second-order valence-corrected chi connectivity index (χ2v) is 6.03. The number of carbonyl (C=O) groups excluding carboxylic acids is 1. The van der Waals surface area contributed by atoms with Crippen LogP contribution in [0.3, 0.4) is 0 Å². The van der Waals surface area contributed by atoms with Crippen LogP contribution in [0, 0.1) is 5.92 Å². The average Bonchev–Trinajstić information content (AvgIpc) is 2.83. The molecule has 3 unspecified atom stereocenters. The Kier molecular flexibility index (Phi) is 6.48. The standard InChI is InChI=1S/C13H24N2O3S/c1-4-11(8-19-3)15(2)13(18)14-10-6-5-9(7-10)12(16)17/h9-11H,4-8H2,1-3H3,(H,14,18)(H,16,17). The van der Waals surface area contributed by atoms with Gasteiger partial charge in [-0.05, 0) is 31.9 Å². The van der Waals surface area contributed by atoms with Crippen molar-refractivity contribution in [2.75, 3.05) is 19.1 Å². The number of urea groups is 1. The largest absolute Gasteiger partial charge is 0.481 e. The lowest BCUT2D eigenvalue weighted by Gasteiger charge is -2.28. The second kappa shape index (κ2) is 7.62. The Morgan fingerprint density at radius 1 is 1.47 bits per heavy atom. The third kappa shape index (κ3) is 4.60. The Labute approximate surface area is 119 Å². The molecule has 110 valence electrons. The van der Waals surface area contributed by atoms with Gasteiger partial charge in [0.2, 0.25) is 0 Å². The molecule has 0 aliphatic heterocycles. The van der Waals surface area contributed by atoms with Gasteiger partial charge in [0, 0.05) is 24.9 Å². The van der Waals surface area contributed by atoms with Crippen LogP contribution in [0.1, 0.15) is 32.6 Å². The van der Waals surface area contributed by atoms with E-state index >= 15 is 0 Å². The van der Waals surface area contributed by atoms with E-state index in [4.69, 9.17) is 5.11 Å². The highest BCUT2D eigenvalue weighted by Crippen LogP contribution is 2.25. The van der Waals surface area contributed by atoms with E-state index in [1.54, 1.807) is 16.7 Å². The number of amides is 2. The average molecular weight is 288 g/mol. The van der Waals surface area contributed by atoms with Crippen molar-refractivity contribution in [3.8, 4) is 0 Å². The fraction of sp³-hybridized carbons (Fsp3) is 0.846. The summed E-state index contributed by atoms with van der Waals surface area (Å²) in [7, 11) is 1.81. The van der Waals surface area contributed by atoms with Crippen molar-refractivity contribution in [1.82, 2.24) is 10.2 Å². The topological polar surface area (TPSA) is 69.6 Å². The Morgan fingerprint density at radius 2 is 2.16 bits per heavy atom. The van der Waals surface area contributed by atoms with Crippen molar-refractivity contribution < 1.29 is 14.7 Å². The number of nitrogens with zero attached hydrogens (tertiary/aromatic N) is 1. The van der Waals surface area contributed by atoms with E-state index in [1.165, 1.54) is 0 Å². The van der Waals surface area contributed by atoms with E-state index in [1.807, 2.05) is 13.3 Å². The highest BCUT2D eigenvalue weighted by molar-refractivity contribution is 7.98. The van der Waals surface area contributed by atoms with Gasteiger partial charge in [0.15, 0.2) is 0 Å². The lowest BCUT2D eigenvalue weighted by molar-refractivity contribution is -0.141. The van der Waals surface area contributed by atoms with Crippen LogP contribution in [0.5, 0.6) is 0 Å². The lowest BCUT2D eigenvalue weighted by atomic mass is 10.1. The normalized spacial score (nSPS) is 23.9. The minimum atomic E-state index is -0.751. The van der Waals surface area contributed by atoms with Crippen LogP contribution in [-0.2, 0) is 4.79 Å². The van der Waals surface area contributed by atoms with Crippen molar-refractivity contribution in [3.05, 3.63) is 0 Å². The zero-order valence-electron chi connectivity index (χ0n) is 11.9. The first-order valence-corrected chi connectivity index (χ1v) is 8.14. The molecule has 0 aromatic carbocycles. The first-order valence-electron chi connectivity index (χ1n) is 6.74. The molecule has 6 heteroatoms. The first kappa shape index (κ1) is 16.1. The summed E-state index contributed by atoms with van der Waals surface area (Å²) in [6.45, 7) is 2.07. The Hall–Kier alpha value is -0.910. The molecule has 1 rings (SSSR count). The van der Waals surface area contributed by atoms with E-state index in [0.29, 0.717) is 12.8 Å². The van der Waals surface area contributed by atoms with Gasteiger partial charge < -0.3 is 15.3 Å². The summed E-state index contributed by atoms with van der Waals surface area (Å²) in [5.41, 5.74) is 0. The predicted molar refractivity (Wildman–Crippen MR) is 77.5 cm³/mol. The number of aliphatic carboxylic acids is 1. The van der Waals surface area contributed by atoms with Crippen LogP contribution < -0.4 is 5.32 Å². The molecule has 3 atom stereocenters. The van der Waals surface area contributed by atoms with Gasteiger partial charge in [-0.1, -0.05) is 6.92 Å². The molecular formula is C13H24N2O3S. The number of rotatable bonds is 6. The summed E-state index contributed by atoms with van der Waals surface area (Å²) in [6, 6.07) is 0.145. The maximum absolute atomic E-state index is 12.1. The quantitative estimate of drug-likeness (QED) is 0.784. The highest BCUT2D eigenvalue weighted by atomic mass is 32.2. The molecule has 5 nitrogen and oxygen atoms in total. The molecule has 1 aliphatic rings. The summed E-state index contributed by atoms with van der Waals surface area (Å²) in [4.78, 5) is 24.7. The summed E-state index contributed by atoms with van der Waals surface area (Å²) in [5, 5.41) is 11.9. The summed E-state index contributed by atoms with van der Waals surface area (Å²) < 4.78 is 0. The number of nitrogens with one attached hydrogen (secondary N) is 1. The first-order chi connectivity index (χ1) is 8.99. The van der Waals surface area contributed by atoms with Crippen molar-refractivity contribution in [1.29, 1.82) is 0 Å². The maximum Gasteiger partial charge on any atom is 0.317 e. The van der Waals surface area contributed by atoms with E-state index in [2.05, 4.69) is 12.2 Å². The number of carboxylic acids is 1. The molecule has 2 amide bonds. The highest BCUT2D eigenvalue weighted by Gasteiger charge is 2.31. The number of hydrogen-bond acceptors (Lipinski definition) is 3. The van der Waals surface area contributed by atoms with Crippen molar-refractivity contribution in [3.63, 3.8) is 0 Å². The Bertz CT molecular complexity index is 325. The van der Waals surface area contributed by atoms with Gasteiger partial charge in [0.25, 0.3) is 0 Å². The minimum absolute atomic E-state index is 0.00263. The second-order valence-electron chi connectivity index (χ2n) is 5.12. The fourth-order valence-corrected chi connectivity index (χ4v) is 3.32. The molecule has 1 aliphatic carbocycles. The minimum Gasteiger partial charge on any atom is -0.481 e. The van der Waals surface area contributed by atoms with Crippen LogP contribution in [0.2, 0.25) is 0 Å². The molecule has 0 saturated heterocycles. The molecular weight excluding hydrogens is 264 g/mol. The molecule has 0 radical (unpaired) electrons. The summed E-state index contributed by atoms with van der Waals surface area (Å²) in [6.07, 6.45) is 4.92. The van der Waals surface area contributed by atoms with Crippen molar-refractivity contribution in [2.24, 2.45) is 5.92 Å². The molecule has 0 aromatic rings. The molecule has 1 fully saturated rings. The van der Waals surface area contributed by atoms with Crippen molar-refractivity contribution in [2.45, 2.75) is 44.7 Å². The van der Waals surface area contributed by atoms with E-state index < -0.39 is 5.97 Å². The van der Waals surface area contributed by atoms with Gasteiger partial charge in [-0.3, -0.25) is 4.79 Å². The molecule has 0 bridgehead atoms. The fourth-order valence-electron chi connectivity index (χ4n) is 2.48. The van der Waals surface area contributed by atoms with Crippen LogP contribution in [0.25, 0.3) is 0 Å². The number of carbonyl (C=O) groups is 2.